The molecule has 0 aliphatic carbocycles. The molecule has 0 saturated heterocycles. The van der Waals surface area contributed by atoms with Gasteiger partial charge in [0.15, 0.2) is 0 Å². The summed E-state index contributed by atoms with van der Waals surface area (Å²) in [5, 5.41) is 1.62. The molecule has 21 heavy (non-hydrogen) atoms. The van der Waals surface area contributed by atoms with Gasteiger partial charge in [-0.1, -0.05) is 35.9 Å². The van der Waals surface area contributed by atoms with Crippen LogP contribution in [0.1, 0.15) is 5.56 Å². The van der Waals surface area contributed by atoms with Crippen LogP contribution in [-0.2, 0) is 0 Å². The molecule has 1 heterocycles. The van der Waals surface area contributed by atoms with Gasteiger partial charge in [-0.25, -0.2) is 4.98 Å². The maximum atomic E-state index is 6.43. The molecule has 0 N–H and O–H groups in total. The monoisotopic (exact) mass is 361 g/mol. The minimum absolute atomic E-state index is 0.682. The molecule has 0 aliphatic heterocycles. The van der Waals surface area contributed by atoms with Gasteiger partial charge in [-0.15, -0.1) is 0 Å². The van der Waals surface area contributed by atoms with E-state index in [1.54, 1.807) is 7.11 Å². The average molecular weight is 363 g/mol. The molecular formula is C17H13BrClNO. The lowest BCUT2D eigenvalue weighted by Crippen LogP contribution is -1.92. The minimum Gasteiger partial charge on any atom is -0.496 e. The van der Waals surface area contributed by atoms with Crippen LogP contribution in [-0.4, -0.2) is 12.1 Å². The van der Waals surface area contributed by atoms with Crippen LogP contribution in [0.2, 0.25) is 5.02 Å². The summed E-state index contributed by atoms with van der Waals surface area (Å²) >= 11 is 10.0. The van der Waals surface area contributed by atoms with E-state index in [4.69, 9.17) is 21.3 Å². The smallest absolute Gasteiger partial charge is 0.128 e. The number of para-hydroxylation sites is 1. The fourth-order valence-corrected chi connectivity index (χ4v) is 3.00. The van der Waals surface area contributed by atoms with E-state index < -0.39 is 0 Å². The molecule has 0 unspecified atom stereocenters. The van der Waals surface area contributed by atoms with E-state index in [9.17, 15) is 0 Å². The van der Waals surface area contributed by atoms with Gasteiger partial charge >= 0.3 is 0 Å². The van der Waals surface area contributed by atoms with Gasteiger partial charge in [-0.05, 0) is 46.6 Å². The molecule has 2 aromatic carbocycles. The molecule has 0 saturated carbocycles. The Kier molecular flexibility index (Phi) is 3.87. The van der Waals surface area contributed by atoms with E-state index in [2.05, 4.69) is 15.9 Å². The standard InChI is InChI=1S/C17H13BrClNO/c1-10-7-8-11-13(19)9-14(20-17(11)16(10)18)12-5-3-4-6-15(12)21-2/h3-9H,1-2H3. The largest absolute Gasteiger partial charge is 0.496 e. The van der Waals surface area contributed by atoms with Crippen molar-refractivity contribution in [2.24, 2.45) is 0 Å². The number of halogens is 2. The van der Waals surface area contributed by atoms with Gasteiger partial charge < -0.3 is 4.74 Å². The van der Waals surface area contributed by atoms with Gasteiger partial charge in [0.2, 0.25) is 0 Å². The van der Waals surface area contributed by atoms with Crippen LogP contribution < -0.4 is 4.74 Å². The summed E-state index contributed by atoms with van der Waals surface area (Å²) in [4.78, 5) is 4.76. The molecular weight excluding hydrogens is 350 g/mol. The normalized spacial score (nSPS) is 10.9. The second-order valence-electron chi connectivity index (χ2n) is 4.78. The Bertz CT molecular complexity index is 832. The zero-order valence-electron chi connectivity index (χ0n) is 11.7. The lowest BCUT2D eigenvalue weighted by atomic mass is 10.1. The van der Waals surface area contributed by atoms with Crippen molar-refractivity contribution in [3.05, 3.63) is 57.5 Å². The summed E-state index contributed by atoms with van der Waals surface area (Å²) in [5.74, 6) is 0.782. The van der Waals surface area contributed by atoms with Crippen molar-refractivity contribution in [1.29, 1.82) is 0 Å². The van der Waals surface area contributed by atoms with Crippen molar-refractivity contribution in [1.82, 2.24) is 4.98 Å². The molecule has 3 rings (SSSR count). The third-order valence-corrected chi connectivity index (χ3v) is 4.76. The molecule has 4 heteroatoms. The van der Waals surface area contributed by atoms with E-state index in [0.717, 1.165) is 37.9 Å². The molecule has 106 valence electrons. The van der Waals surface area contributed by atoms with E-state index in [0.29, 0.717) is 5.02 Å². The first kappa shape index (κ1) is 14.4. The Balaban J connectivity index is 2.32. The third-order valence-electron chi connectivity index (χ3n) is 3.45. The van der Waals surface area contributed by atoms with E-state index >= 15 is 0 Å². The topological polar surface area (TPSA) is 22.1 Å². The third kappa shape index (κ3) is 2.52. The van der Waals surface area contributed by atoms with Crippen LogP contribution in [0, 0.1) is 6.92 Å². The first-order valence-corrected chi connectivity index (χ1v) is 7.67. The van der Waals surface area contributed by atoms with Crippen LogP contribution in [0.3, 0.4) is 0 Å². The van der Waals surface area contributed by atoms with Gasteiger partial charge in [-0.3, -0.25) is 0 Å². The highest BCUT2D eigenvalue weighted by Crippen LogP contribution is 2.36. The van der Waals surface area contributed by atoms with Gasteiger partial charge in [0, 0.05) is 15.4 Å². The van der Waals surface area contributed by atoms with Gasteiger partial charge in [0.05, 0.1) is 23.3 Å². The molecule has 2 nitrogen and oxygen atoms in total. The number of methoxy groups -OCH3 is 1. The lowest BCUT2D eigenvalue weighted by Gasteiger charge is -2.11. The number of aryl methyl sites for hydroxylation is 1. The molecule has 1 aromatic heterocycles. The molecule has 0 amide bonds. The van der Waals surface area contributed by atoms with Crippen LogP contribution in [0.4, 0.5) is 0 Å². The van der Waals surface area contributed by atoms with Crippen LogP contribution in [0.15, 0.2) is 46.9 Å². The molecule has 0 radical (unpaired) electrons. The summed E-state index contributed by atoms with van der Waals surface area (Å²) in [5.41, 5.74) is 3.72. The Labute approximate surface area is 136 Å². The van der Waals surface area contributed by atoms with Crippen molar-refractivity contribution in [3.63, 3.8) is 0 Å². The van der Waals surface area contributed by atoms with E-state index in [1.165, 1.54) is 0 Å². The van der Waals surface area contributed by atoms with Gasteiger partial charge in [0.25, 0.3) is 0 Å². The number of nitrogens with zero attached hydrogens (tertiary/aromatic N) is 1. The predicted octanol–water partition coefficient (Wildman–Crippen LogP) is 5.63. The highest BCUT2D eigenvalue weighted by atomic mass is 79.9. The maximum absolute atomic E-state index is 6.43. The molecule has 0 bridgehead atoms. The van der Waals surface area contributed by atoms with Crippen molar-refractivity contribution in [2.45, 2.75) is 6.92 Å². The highest BCUT2D eigenvalue weighted by Gasteiger charge is 2.12. The Morgan fingerprint density at radius 1 is 1.14 bits per heavy atom. The van der Waals surface area contributed by atoms with Crippen LogP contribution >= 0.6 is 27.5 Å². The first-order chi connectivity index (χ1) is 10.1. The number of hydrogen-bond acceptors (Lipinski definition) is 2. The quantitative estimate of drug-likeness (QED) is 0.589. The molecule has 0 aliphatic rings. The molecule has 0 fully saturated rings. The average Bonchev–Trinajstić information content (AvgIpc) is 2.51. The molecule has 3 aromatic rings. The highest BCUT2D eigenvalue weighted by molar-refractivity contribution is 9.10. The van der Waals surface area contributed by atoms with Crippen molar-refractivity contribution in [3.8, 4) is 17.0 Å². The Hall–Kier alpha value is -1.58. The number of rotatable bonds is 2. The number of aromatic nitrogens is 1. The van der Waals surface area contributed by atoms with Crippen molar-refractivity contribution in [2.75, 3.05) is 7.11 Å². The van der Waals surface area contributed by atoms with Crippen molar-refractivity contribution >= 4 is 38.4 Å². The number of fused-ring (bicyclic) bond motifs is 1. The maximum Gasteiger partial charge on any atom is 0.128 e. The number of hydrogen-bond donors (Lipinski definition) is 0. The Morgan fingerprint density at radius 2 is 1.90 bits per heavy atom. The number of ether oxygens (including phenoxy) is 1. The SMILES string of the molecule is COc1ccccc1-c1cc(Cl)c2ccc(C)c(Br)c2n1. The minimum atomic E-state index is 0.682. The summed E-state index contributed by atoms with van der Waals surface area (Å²) in [6.45, 7) is 2.04. The first-order valence-electron chi connectivity index (χ1n) is 6.50. The van der Waals surface area contributed by atoms with Crippen molar-refractivity contribution < 1.29 is 4.74 Å². The fraction of sp³-hybridized carbons (Fsp3) is 0.118. The fourth-order valence-electron chi connectivity index (χ4n) is 2.31. The van der Waals surface area contributed by atoms with Crippen LogP contribution in [0.25, 0.3) is 22.2 Å². The summed E-state index contributed by atoms with van der Waals surface area (Å²) in [7, 11) is 1.65. The summed E-state index contributed by atoms with van der Waals surface area (Å²) < 4.78 is 6.38. The summed E-state index contributed by atoms with van der Waals surface area (Å²) in [6.07, 6.45) is 0. The number of benzene rings is 2. The van der Waals surface area contributed by atoms with Gasteiger partial charge in [0.1, 0.15) is 5.75 Å². The van der Waals surface area contributed by atoms with Gasteiger partial charge in [-0.2, -0.15) is 0 Å². The molecule has 0 atom stereocenters. The summed E-state index contributed by atoms with van der Waals surface area (Å²) in [6, 6.07) is 13.7. The Morgan fingerprint density at radius 3 is 2.67 bits per heavy atom. The predicted molar refractivity (Wildman–Crippen MR) is 91.2 cm³/mol. The number of pyridine rings is 1. The second kappa shape index (κ2) is 5.66. The van der Waals surface area contributed by atoms with E-state index in [1.807, 2.05) is 49.4 Å². The zero-order valence-corrected chi connectivity index (χ0v) is 14.0. The van der Waals surface area contributed by atoms with E-state index in [-0.39, 0.29) is 0 Å². The lowest BCUT2D eigenvalue weighted by molar-refractivity contribution is 0.416. The van der Waals surface area contributed by atoms with Crippen LogP contribution in [0.5, 0.6) is 5.75 Å². The molecule has 0 spiro atoms. The second-order valence-corrected chi connectivity index (χ2v) is 5.98. The zero-order chi connectivity index (χ0) is 15.0.